The second-order valence-corrected chi connectivity index (χ2v) is 18.3. The van der Waals surface area contributed by atoms with Crippen LogP contribution in [0, 0.1) is 26.7 Å². The topological polar surface area (TPSA) is 127 Å². The number of likely N-dealkylation sites (tertiary alicyclic amines) is 1. The van der Waals surface area contributed by atoms with Crippen molar-refractivity contribution < 1.29 is 27.4 Å². The fraction of sp³-hybridized carbons (Fsp3) is 0.500. The number of nitrogens with one attached hydrogen (secondary N) is 2. The number of rotatable bonds is 16. The fourth-order valence-electron chi connectivity index (χ4n) is 9.38. The molecule has 13 nitrogen and oxygen atoms in total. The normalized spacial score (nSPS) is 22.3. The van der Waals surface area contributed by atoms with E-state index in [0.717, 1.165) is 87.8 Å². The summed E-state index contributed by atoms with van der Waals surface area (Å²) in [4.78, 5) is 15.0. The molecule has 4 atom stereocenters. The molecule has 4 aromatic rings. The van der Waals surface area contributed by atoms with Gasteiger partial charge in [-0.25, -0.2) is 0 Å². The van der Waals surface area contributed by atoms with E-state index in [1.54, 1.807) is 22.4 Å². The third-order valence-corrected chi connectivity index (χ3v) is 13.9. The Labute approximate surface area is 370 Å². The average molecular weight is 885 g/mol. The van der Waals surface area contributed by atoms with Crippen LogP contribution < -0.4 is 15.5 Å². The molecular weight excluding hydrogens is 830 g/mol. The standard InChI is InChI=1S/C46H55F3N10O3S/c1-27-21-37-36(12-14-39-38(37)23-51-55-39)43(58(27)26-46(47,48)49)40-13-9-33(22-50-40)53-34-24-57(25-34)15-6-16-60-17-18-61-19-20-62-35-10-7-32(8-11-35)42-41-28(2)30(4)63-45(41)59-31(5)54-56-44(59)29(3)52-42/h7-14,22,27,29,34,38,43,51,53H,6,15-21,23-26H2,1-5H3/t27-,29+,38?,43+/m1/s1. The molecule has 1 aliphatic carbocycles. The Bertz CT molecular complexity index is 2400. The van der Waals surface area contributed by atoms with E-state index in [1.165, 1.54) is 10.4 Å². The lowest BCUT2D eigenvalue weighted by Gasteiger charge is -2.44. The lowest BCUT2D eigenvalue weighted by atomic mass is 9.76. The van der Waals surface area contributed by atoms with Gasteiger partial charge in [-0.2, -0.15) is 18.3 Å². The largest absolute Gasteiger partial charge is 0.491 e. The van der Waals surface area contributed by atoms with E-state index in [1.807, 2.05) is 50.3 Å². The van der Waals surface area contributed by atoms with Gasteiger partial charge in [-0.1, -0.05) is 11.6 Å². The van der Waals surface area contributed by atoms with Gasteiger partial charge in [0.25, 0.3) is 0 Å². The minimum atomic E-state index is -4.32. The number of fused-ring (bicyclic) bond motifs is 5. The Morgan fingerprint density at radius 2 is 1.71 bits per heavy atom. The van der Waals surface area contributed by atoms with E-state index in [0.29, 0.717) is 51.7 Å². The van der Waals surface area contributed by atoms with Crippen LogP contribution in [0.25, 0.3) is 5.00 Å². The fourth-order valence-corrected chi connectivity index (χ4v) is 10.6. The van der Waals surface area contributed by atoms with Crippen molar-refractivity contribution in [2.75, 3.05) is 71.1 Å². The summed E-state index contributed by atoms with van der Waals surface area (Å²) in [6.07, 6.45) is 2.81. The molecule has 334 valence electrons. The third-order valence-electron chi connectivity index (χ3n) is 12.7. The van der Waals surface area contributed by atoms with Crippen LogP contribution in [0.5, 0.6) is 5.75 Å². The van der Waals surface area contributed by atoms with Crippen molar-refractivity contribution in [1.29, 1.82) is 0 Å². The summed E-state index contributed by atoms with van der Waals surface area (Å²) >= 11 is 1.75. The van der Waals surface area contributed by atoms with Gasteiger partial charge in [0.05, 0.1) is 67.5 Å². The maximum atomic E-state index is 13.8. The highest BCUT2D eigenvalue weighted by Crippen LogP contribution is 2.45. The molecule has 7 heterocycles. The number of alkyl halides is 3. The molecular formula is C46H55F3N10O3S. The maximum Gasteiger partial charge on any atom is 0.401 e. The molecule has 1 aromatic carbocycles. The number of nitrogens with zero attached hydrogens (tertiary/aromatic N) is 8. The quantitative estimate of drug-likeness (QED) is 0.111. The van der Waals surface area contributed by atoms with Crippen LogP contribution in [0.15, 0.2) is 76.0 Å². The molecule has 0 radical (unpaired) electrons. The number of pyridine rings is 1. The molecule has 0 amide bonds. The van der Waals surface area contributed by atoms with Gasteiger partial charge in [0, 0.05) is 60.7 Å². The lowest BCUT2D eigenvalue weighted by Crippen LogP contribution is -2.54. The number of aliphatic imine (C=N–C) groups is 1. The predicted molar refractivity (Wildman–Crippen MR) is 238 cm³/mol. The van der Waals surface area contributed by atoms with Crippen molar-refractivity contribution in [3.8, 4) is 10.8 Å². The van der Waals surface area contributed by atoms with Crippen molar-refractivity contribution >= 4 is 28.4 Å². The monoisotopic (exact) mass is 884 g/mol. The highest BCUT2D eigenvalue weighted by Gasteiger charge is 2.44. The molecule has 0 bridgehead atoms. The molecule has 5 aliphatic rings. The van der Waals surface area contributed by atoms with Gasteiger partial charge in [-0.05, 0) is 101 Å². The molecule has 17 heteroatoms. The first-order valence-electron chi connectivity index (χ1n) is 21.9. The molecule has 4 aliphatic heterocycles. The molecule has 0 spiro atoms. The molecule has 1 saturated heterocycles. The van der Waals surface area contributed by atoms with Gasteiger partial charge < -0.3 is 25.0 Å². The van der Waals surface area contributed by atoms with Crippen LogP contribution in [0.2, 0.25) is 0 Å². The average Bonchev–Trinajstić information content (AvgIpc) is 3.94. The molecule has 3 aromatic heterocycles. The summed E-state index contributed by atoms with van der Waals surface area (Å²) in [5.41, 5.74) is 11.9. The van der Waals surface area contributed by atoms with Crippen LogP contribution >= 0.6 is 11.3 Å². The van der Waals surface area contributed by atoms with Gasteiger partial charge in [0.1, 0.15) is 29.2 Å². The number of aryl methyl sites for hydroxylation is 2. The molecule has 1 unspecified atom stereocenters. The van der Waals surface area contributed by atoms with Crippen LogP contribution in [0.1, 0.15) is 77.7 Å². The Morgan fingerprint density at radius 3 is 2.48 bits per heavy atom. The number of allylic oxidation sites excluding steroid dienone is 1. The zero-order chi connectivity index (χ0) is 43.8. The number of ether oxygens (including phenoxy) is 3. The van der Waals surface area contributed by atoms with Crippen molar-refractivity contribution in [2.24, 2.45) is 16.0 Å². The highest BCUT2D eigenvalue weighted by atomic mass is 32.1. The van der Waals surface area contributed by atoms with E-state index in [2.05, 4.69) is 68.4 Å². The van der Waals surface area contributed by atoms with E-state index >= 15 is 0 Å². The molecule has 2 N–H and O–H groups in total. The lowest BCUT2D eigenvalue weighted by molar-refractivity contribution is -0.155. The molecule has 1 fully saturated rings. The van der Waals surface area contributed by atoms with Crippen molar-refractivity contribution in [1.82, 2.24) is 35.0 Å². The van der Waals surface area contributed by atoms with Gasteiger partial charge in [0.15, 0.2) is 5.82 Å². The first kappa shape index (κ1) is 43.3. The predicted octanol–water partition coefficient (Wildman–Crippen LogP) is 7.30. The number of hydrogen-bond donors (Lipinski definition) is 2. The Morgan fingerprint density at radius 1 is 0.937 bits per heavy atom. The molecule has 9 rings (SSSR count). The number of benzene rings is 1. The summed E-state index contributed by atoms with van der Waals surface area (Å²) in [6.45, 7) is 15.3. The zero-order valence-electron chi connectivity index (χ0n) is 36.4. The summed E-state index contributed by atoms with van der Waals surface area (Å²) in [5.74, 6) is 2.59. The number of anilines is 1. The van der Waals surface area contributed by atoms with E-state index < -0.39 is 18.8 Å². The highest BCUT2D eigenvalue weighted by molar-refractivity contribution is 7.15. The smallest absolute Gasteiger partial charge is 0.401 e. The SMILES string of the molecule is Cc1sc2c(c1C)C(c1ccc(OCCOCCOCCCN3CC(Nc4ccc([C@@H]5C6=C(C[C@@H](C)N5CC(F)(F)F)C5CNN=C5C=C6)nc4)C3)cc1)=N[C@@H](C)c1nnc(C)n1-2. The molecule has 63 heavy (non-hydrogen) atoms. The summed E-state index contributed by atoms with van der Waals surface area (Å²) < 4.78 is 61.1. The maximum absolute atomic E-state index is 13.8. The third kappa shape index (κ3) is 9.21. The number of aromatic nitrogens is 4. The van der Waals surface area contributed by atoms with Crippen molar-refractivity contribution in [3.63, 3.8) is 0 Å². The molecule has 0 saturated carbocycles. The van der Waals surface area contributed by atoms with Crippen LogP contribution in [-0.4, -0.2) is 125 Å². The van der Waals surface area contributed by atoms with Crippen LogP contribution in [0.3, 0.4) is 0 Å². The first-order valence-corrected chi connectivity index (χ1v) is 22.7. The van der Waals surface area contributed by atoms with Gasteiger partial charge in [-0.15, -0.1) is 21.5 Å². The summed E-state index contributed by atoms with van der Waals surface area (Å²) in [5, 5.41) is 17.8. The van der Waals surface area contributed by atoms with E-state index in [4.69, 9.17) is 24.2 Å². The second kappa shape index (κ2) is 18.3. The van der Waals surface area contributed by atoms with Gasteiger partial charge in [-0.3, -0.25) is 24.3 Å². The van der Waals surface area contributed by atoms with Crippen molar-refractivity contribution in [3.05, 3.63) is 105 Å². The minimum Gasteiger partial charge on any atom is -0.491 e. The first-order chi connectivity index (χ1) is 30.4. The number of thiophene rings is 1. The second-order valence-electron chi connectivity index (χ2n) is 17.1. The van der Waals surface area contributed by atoms with E-state index in [-0.39, 0.29) is 24.0 Å². The number of hydrogen-bond acceptors (Lipinski definition) is 13. The Hall–Kier alpha value is -4.94. The van der Waals surface area contributed by atoms with Crippen LogP contribution in [0.4, 0.5) is 18.9 Å². The van der Waals surface area contributed by atoms with Crippen LogP contribution in [-0.2, 0) is 9.47 Å². The summed E-state index contributed by atoms with van der Waals surface area (Å²) in [7, 11) is 0. The number of halogens is 3. The number of hydrazone groups is 1. The van der Waals surface area contributed by atoms with E-state index in [9.17, 15) is 13.2 Å². The van der Waals surface area contributed by atoms with Crippen molar-refractivity contribution in [2.45, 2.75) is 77.8 Å². The van der Waals surface area contributed by atoms with Gasteiger partial charge in [0.2, 0.25) is 0 Å². The minimum absolute atomic E-state index is 0.0964. The zero-order valence-corrected chi connectivity index (χ0v) is 37.2. The van der Waals surface area contributed by atoms with Gasteiger partial charge >= 0.3 is 6.18 Å². The Balaban J connectivity index is 0.660. The Kier molecular flexibility index (Phi) is 12.6. The summed E-state index contributed by atoms with van der Waals surface area (Å²) in [6, 6.07) is 11.2.